The van der Waals surface area contributed by atoms with E-state index in [4.69, 9.17) is 5.73 Å². The van der Waals surface area contributed by atoms with Gasteiger partial charge >= 0.3 is 0 Å². The third kappa shape index (κ3) is 3.05. The Morgan fingerprint density at radius 2 is 2.17 bits per heavy atom. The van der Waals surface area contributed by atoms with Crippen molar-refractivity contribution < 1.29 is 0 Å². The summed E-state index contributed by atoms with van der Waals surface area (Å²) in [7, 11) is 0. The van der Waals surface area contributed by atoms with Crippen molar-refractivity contribution in [3.8, 4) is 0 Å². The summed E-state index contributed by atoms with van der Waals surface area (Å²) in [4.78, 5) is 1.37. The van der Waals surface area contributed by atoms with Gasteiger partial charge in [0.1, 0.15) is 0 Å². The van der Waals surface area contributed by atoms with Crippen molar-refractivity contribution in [1.29, 1.82) is 0 Å². The van der Waals surface area contributed by atoms with Gasteiger partial charge in [0, 0.05) is 4.88 Å². The molecule has 0 amide bonds. The lowest BCUT2D eigenvalue weighted by molar-refractivity contribution is 0.688. The molecule has 0 aliphatic rings. The molecule has 0 aliphatic carbocycles. The molecule has 0 fully saturated rings. The van der Waals surface area contributed by atoms with Crippen LogP contribution in [0.15, 0.2) is 35.7 Å². The van der Waals surface area contributed by atoms with Crippen molar-refractivity contribution in [3.63, 3.8) is 0 Å². The van der Waals surface area contributed by atoms with Gasteiger partial charge in [-0.1, -0.05) is 25.5 Å². The molecule has 1 unspecified atom stereocenters. The second-order valence-corrected chi connectivity index (χ2v) is 5.57. The number of thiophene rings is 1. The first kappa shape index (κ1) is 13.0. The lowest BCUT2D eigenvalue weighted by Crippen LogP contribution is -2.10. The molecular formula is C15H20N2S. The van der Waals surface area contributed by atoms with Crippen molar-refractivity contribution in [1.82, 2.24) is 0 Å². The van der Waals surface area contributed by atoms with E-state index in [1.54, 1.807) is 11.3 Å². The maximum Gasteiger partial charge on any atom is 0.0607 e. The number of benzene rings is 1. The van der Waals surface area contributed by atoms with Gasteiger partial charge in [-0.05, 0) is 42.5 Å². The van der Waals surface area contributed by atoms with Gasteiger partial charge in [0.25, 0.3) is 0 Å². The first-order chi connectivity index (χ1) is 8.70. The van der Waals surface area contributed by atoms with E-state index in [9.17, 15) is 0 Å². The molecule has 1 heterocycles. The molecule has 0 radical (unpaired) electrons. The Labute approximate surface area is 113 Å². The number of nitrogen functional groups attached to an aromatic ring is 1. The number of rotatable bonds is 5. The average Bonchev–Trinajstić information content (AvgIpc) is 2.87. The van der Waals surface area contributed by atoms with Crippen LogP contribution in [0.4, 0.5) is 11.4 Å². The fourth-order valence-electron chi connectivity index (χ4n) is 2.05. The standard InChI is InChI=1S/C15H20N2S/c1-3-5-13(15-6-4-9-18-15)17-14-10-11(2)7-8-12(14)16/h4,6-10,13,17H,3,5,16H2,1-2H3. The number of aryl methyl sites for hydroxylation is 1. The van der Waals surface area contributed by atoms with Crippen LogP contribution in [-0.2, 0) is 0 Å². The number of nitrogens with one attached hydrogen (secondary N) is 1. The molecule has 0 bridgehead atoms. The second-order valence-electron chi connectivity index (χ2n) is 4.59. The minimum atomic E-state index is 0.360. The van der Waals surface area contributed by atoms with Crippen molar-refractivity contribution in [2.75, 3.05) is 11.1 Å². The molecule has 0 saturated carbocycles. The Kier molecular flexibility index (Phi) is 4.26. The van der Waals surface area contributed by atoms with Gasteiger partial charge in [-0.25, -0.2) is 0 Å². The monoisotopic (exact) mass is 260 g/mol. The van der Waals surface area contributed by atoms with Gasteiger partial charge in [-0.3, -0.25) is 0 Å². The van der Waals surface area contributed by atoms with Crippen LogP contribution in [0.2, 0.25) is 0 Å². The Morgan fingerprint density at radius 1 is 1.33 bits per heavy atom. The predicted octanol–water partition coefficient (Wildman–Crippen LogP) is 4.59. The van der Waals surface area contributed by atoms with Gasteiger partial charge in [-0.2, -0.15) is 0 Å². The van der Waals surface area contributed by atoms with Gasteiger partial charge < -0.3 is 11.1 Å². The Hall–Kier alpha value is -1.48. The molecule has 96 valence electrons. The van der Waals surface area contributed by atoms with E-state index in [-0.39, 0.29) is 0 Å². The van der Waals surface area contributed by atoms with Crippen LogP contribution in [0, 0.1) is 6.92 Å². The highest BCUT2D eigenvalue weighted by atomic mass is 32.1. The molecule has 1 atom stereocenters. The van der Waals surface area contributed by atoms with Crippen LogP contribution in [0.3, 0.4) is 0 Å². The molecule has 2 nitrogen and oxygen atoms in total. The zero-order chi connectivity index (χ0) is 13.0. The maximum atomic E-state index is 6.03. The van der Waals surface area contributed by atoms with Crippen LogP contribution in [0.5, 0.6) is 0 Å². The lowest BCUT2D eigenvalue weighted by Gasteiger charge is -2.19. The Morgan fingerprint density at radius 3 is 2.83 bits per heavy atom. The number of hydrogen-bond donors (Lipinski definition) is 2. The van der Waals surface area contributed by atoms with Crippen molar-refractivity contribution in [3.05, 3.63) is 46.2 Å². The molecule has 1 aromatic heterocycles. The zero-order valence-electron chi connectivity index (χ0n) is 10.9. The van der Waals surface area contributed by atoms with Crippen LogP contribution in [0.1, 0.15) is 36.2 Å². The largest absolute Gasteiger partial charge is 0.397 e. The molecule has 2 rings (SSSR count). The van der Waals surface area contributed by atoms with E-state index in [2.05, 4.69) is 42.7 Å². The van der Waals surface area contributed by atoms with E-state index in [1.165, 1.54) is 10.4 Å². The average molecular weight is 260 g/mol. The van der Waals surface area contributed by atoms with E-state index in [1.807, 2.05) is 12.1 Å². The van der Waals surface area contributed by atoms with Crippen LogP contribution in [-0.4, -0.2) is 0 Å². The molecule has 3 heteroatoms. The zero-order valence-corrected chi connectivity index (χ0v) is 11.8. The first-order valence-corrected chi connectivity index (χ1v) is 7.24. The molecule has 1 aromatic carbocycles. The van der Waals surface area contributed by atoms with Crippen molar-refractivity contribution in [2.24, 2.45) is 0 Å². The lowest BCUT2D eigenvalue weighted by atomic mass is 10.1. The Balaban J connectivity index is 2.21. The first-order valence-electron chi connectivity index (χ1n) is 6.36. The second kappa shape index (κ2) is 5.91. The van der Waals surface area contributed by atoms with Gasteiger partial charge in [0.05, 0.1) is 17.4 Å². The number of hydrogen-bond acceptors (Lipinski definition) is 3. The number of anilines is 2. The van der Waals surface area contributed by atoms with Crippen LogP contribution in [0.25, 0.3) is 0 Å². The van der Waals surface area contributed by atoms with Crippen LogP contribution >= 0.6 is 11.3 Å². The molecule has 2 aromatic rings. The maximum absolute atomic E-state index is 6.03. The molecule has 18 heavy (non-hydrogen) atoms. The normalized spacial score (nSPS) is 12.3. The molecular weight excluding hydrogens is 240 g/mol. The van der Waals surface area contributed by atoms with Crippen molar-refractivity contribution >= 4 is 22.7 Å². The highest BCUT2D eigenvalue weighted by molar-refractivity contribution is 7.10. The van der Waals surface area contributed by atoms with E-state index in [0.717, 1.165) is 24.2 Å². The third-order valence-corrected chi connectivity index (χ3v) is 3.99. The van der Waals surface area contributed by atoms with E-state index in [0.29, 0.717) is 6.04 Å². The SMILES string of the molecule is CCCC(Nc1cc(C)ccc1N)c1cccs1. The minimum absolute atomic E-state index is 0.360. The smallest absolute Gasteiger partial charge is 0.0607 e. The predicted molar refractivity (Wildman–Crippen MR) is 81.2 cm³/mol. The van der Waals surface area contributed by atoms with Gasteiger partial charge in [0.15, 0.2) is 0 Å². The molecule has 3 N–H and O–H groups in total. The summed E-state index contributed by atoms with van der Waals surface area (Å²) in [6, 6.07) is 10.8. The van der Waals surface area contributed by atoms with Crippen molar-refractivity contribution in [2.45, 2.75) is 32.7 Å². The topological polar surface area (TPSA) is 38.0 Å². The summed E-state index contributed by atoms with van der Waals surface area (Å²) in [5, 5.41) is 5.70. The van der Waals surface area contributed by atoms with E-state index >= 15 is 0 Å². The Bertz CT molecular complexity index is 491. The molecule has 0 saturated heterocycles. The summed E-state index contributed by atoms with van der Waals surface area (Å²) in [6.07, 6.45) is 2.27. The minimum Gasteiger partial charge on any atom is -0.397 e. The third-order valence-electron chi connectivity index (χ3n) is 3.00. The fourth-order valence-corrected chi connectivity index (χ4v) is 2.86. The summed E-state index contributed by atoms with van der Waals surface area (Å²) >= 11 is 1.80. The summed E-state index contributed by atoms with van der Waals surface area (Å²) in [5.41, 5.74) is 9.12. The van der Waals surface area contributed by atoms with Gasteiger partial charge in [-0.15, -0.1) is 11.3 Å². The van der Waals surface area contributed by atoms with E-state index < -0.39 is 0 Å². The highest BCUT2D eigenvalue weighted by Gasteiger charge is 2.12. The highest BCUT2D eigenvalue weighted by Crippen LogP contribution is 2.30. The summed E-state index contributed by atoms with van der Waals surface area (Å²) in [5.74, 6) is 0. The molecule has 0 spiro atoms. The van der Waals surface area contributed by atoms with Crippen LogP contribution < -0.4 is 11.1 Å². The summed E-state index contributed by atoms with van der Waals surface area (Å²) < 4.78 is 0. The molecule has 0 aliphatic heterocycles. The number of nitrogens with two attached hydrogens (primary N) is 1. The fraction of sp³-hybridized carbons (Fsp3) is 0.333. The van der Waals surface area contributed by atoms with Gasteiger partial charge in [0.2, 0.25) is 0 Å². The summed E-state index contributed by atoms with van der Waals surface area (Å²) in [6.45, 7) is 4.30. The quantitative estimate of drug-likeness (QED) is 0.771.